The number of hydrogen-bond donors (Lipinski definition) is 1. The van der Waals surface area contributed by atoms with Gasteiger partial charge in [-0.2, -0.15) is 0 Å². The number of hydrogen-bond acceptors (Lipinski definition) is 4. The minimum Gasteiger partial charge on any atom is -0.461 e. The summed E-state index contributed by atoms with van der Waals surface area (Å²) in [4.78, 5) is 13.8. The first-order valence-electron chi connectivity index (χ1n) is 5.71. The van der Waals surface area contributed by atoms with E-state index in [2.05, 4.69) is 10.2 Å². The zero-order valence-electron chi connectivity index (χ0n) is 9.61. The highest BCUT2D eigenvalue weighted by atomic mass is 16.3. The van der Waals surface area contributed by atoms with Crippen LogP contribution in [0.4, 0.5) is 0 Å². The molecule has 1 fully saturated rings. The summed E-state index contributed by atoms with van der Waals surface area (Å²) in [5.41, 5.74) is 0. The van der Waals surface area contributed by atoms with E-state index in [4.69, 9.17) is 4.42 Å². The summed E-state index contributed by atoms with van der Waals surface area (Å²) >= 11 is 0. The molecule has 2 heterocycles. The van der Waals surface area contributed by atoms with Crippen LogP contribution in [0.15, 0.2) is 22.8 Å². The van der Waals surface area contributed by atoms with Crippen LogP contribution in [0.25, 0.3) is 0 Å². The first-order valence-corrected chi connectivity index (χ1v) is 5.71. The van der Waals surface area contributed by atoms with E-state index in [1.54, 1.807) is 12.1 Å². The summed E-state index contributed by atoms with van der Waals surface area (Å²) in [6.07, 6.45) is 2.74. The Morgan fingerprint density at radius 1 is 1.69 bits per heavy atom. The Labute approximate surface area is 95.6 Å². The van der Waals surface area contributed by atoms with Crippen molar-refractivity contribution >= 4 is 5.78 Å². The van der Waals surface area contributed by atoms with E-state index in [0.717, 1.165) is 19.6 Å². The number of carbonyl (C=O) groups is 1. The minimum atomic E-state index is 0.0541. The summed E-state index contributed by atoms with van der Waals surface area (Å²) in [7, 11) is 1.99. The van der Waals surface area contributed by atoms with Crippen LogP contribution in [0.2, 0.25) is 0 Å². The SMILES string of the molecule is CN(CC(=O)c1ccco1)C[C@@H]1CCNC1. The zero-order valence-corrected chi connectivity index (χ0v) is 9.61. The average molecular weight is 222 g/mol. The summed E-state index contributed by atoms with van der Waals surface area (Å²) in [6.45, 7) is 3.58. The van der Waals surface area contributed by atoms with Crippen LogP contribution in [-0.2, 0) is 0 Å². The quantitative estimate of drug-likeness (QED) is 0.755. The molecular formula is C12H18N2O2. The summed E-state index contributed by atoms with van der Waals surface area (Å²) in [5, 5.41) is 3.33. The molecule has 0 bridgehead atoms. The zero-order chi connectivity index (χ0) is 11.4. The van der Waals surface area contributed by atoms with Crippen molar-refractivity contribution in [2.45, 2.75) is 6.42 Å². The molecule has 1 saturated heterocycles. The second-order valence-electron chi connectivity index (χ2n) is 4.46. The molecule has 4 nitrogen and oxygen atoms in total. The van der Waals surface area contributed by atoms with E-state index in [9.17, 15) is 4.79 Å². The maximum atomic E-state index is 11.7. The molecule has 1 atom stereocenters. The average Bonchev–Trinajstić information content (AvgIpc) is 2.88. The van der Waals surface area contributed by atoms with Crippen molar-refractivity contribution < 1.29 is 9.21 Å². The van der Waals surface area contributed by atoms with Crippen LogP contribution in [0.1, 0.15) is 17.0 Å². The monoisotopic (exact) mass is 222 g/mol. The van der Waals surface area contributed by atoms with Crippen molar-refractivity contribution in [3.8, 4) is 0 Å². The molecule has 0 unspecified atom stereocenters. The van der Waals surface area contributed by atoms with E-state index >= 15 is 0 Å². The van der Waals surface area contributed by atoms with E-state index in [-0.39, 0.29) is 5.78 Å². The molecule has 0 saturated carbocycles. The van der Waals surface area contributed by atoms with Crippen molar-refractivity contribution in [2.24, 2.45) is 5.92 Å². The number of Topliss-reactive ketones (excluding diaryl/α,β-unsaturated/α-hetero) is 1. The molecule has 1 aromatic rings. The van der Waals surface area contributed by atoms with Gasteiger partial charge in [-0.05, 0) is 44.6 Å². The lowest BCUT2D eigenvalue weighted by molar-refractivity contribution is 0.0912. The molecule has 0 amide bonds. The van der Waals surface area contributed by atoms with Crippen LogP contribution in [0.3, 0.4) is 0 Å². The molecule has 1 aliphatic rings. The molecule has 4 heteroatoms. The molecule has 0 radical (unpaired) electrons. The first-order chi connectivity index (χ1) is 7.75. The Kier molecular flexibility index (Phi) is 3.74. The molecule has 16 heavy (non-hydrogen) atoms. The highest BCUT2D eigenvalue weighted by molar-refractivity contribution is 5.94. The fourth-order valence-corrected chi connectivity index (χ4v) is 2.14. The van der Waals surface area contributed by atoms with Crippen molar-refractivity contribution in [3.05, 3.63) is 24.2 Å². The van der Waals surface area contributed by atoms with Gasteiger partial charge in [-0.1, -0.05) is 0 Å². The van der Waals surface area contributed by atoms with Gasteiger partial charge in [-0.15, -0.1) is 0 Å². The molecule has 0 aliphatic carbocycles. The molecule has 88 valence electrons. The highest BCUT2D eigenvalue weighted by Gasteiger charge is 2.18. The van der Waals surface area contributed by atoms with Gasteiger partial charge in [0, 0.05) is 6.54 Å². The van der Waals surface area contributed by atoms with E-state index < -0.39 is 0 Å². The van der Waals surface area contributed by atoms with Crippen LogP contribution in [-0.4, -0.2) is 43.9 Å². The lowest BCUT2D eigenvalue weighted by Crippen LogP contribution is -2.31. The number of nitrogens with one attached hydrogen (secondary N) is 1. The van der Waals surface area contributed by atoms with Gasteiger partial charge in [0.25, 0.3) is 0 Å². The molecule has 1 aromatic heterocycles. The second-order valence-corrected chi connectivity index (χ2v) is 4.46. The van der Waals surface area contributed by atoms with E-state index in [1.165, 1.54) is 12.7 Å². The van der Waals surface area contributed by atoms with Gasteiger partial charge >= 0.3 is 0 Å². The third-order valence-corrected chi connectivity index (χ3v) is 2.94. The maximum Gasteiger partial charge on any atom is 0.211 e. The highest BCUT2D eigenvalue weighted by Crippen LogP contribution is 2.09. The largest absolute Gasteiger partial charge is 0.461 e. The Balaban J connectivity index is 1.78. The minimum absolute atomic E-state index is 0.0541. The number of ketones is 1. The number of likely N-dealkylation sites (N-methyl/N-ethyl adjacent to an activating group) is 1. The normalized spacial score (nSPS) is 20.5. The van der Waals surface area contributed by atoms with Crippen molar-refractivity contribution in [2.75, 3.05) is 33.2 Å². The van der Waals surface area contributed by atoms with Crippen molar-refractivity contribution in [1.82, 2.24) is 10.2 Å². The molecule has 1 N–H and O–H groups in total. The topological polar surface area (TPSA) is 45.5 Å². The fourth-order valence-electron chi connectivity index (χ4n) is 2.14. The van der Waals surface area contributed by atoms with Gasteiger partial charge in [0.2, 0.25) is 5.78 Å². The maximum absolute atomic E-state index is 11.7. The van der Waals surface area contributed by atoms with Crippen LogP contribution < -0.4 is 5.32 Å². The van der Waals surface area contributed by atoms with E-state index in [1.807, 2.05) is 7.05 Å². The van der Waals surface area contributed by atoms with Crippen LogP contribution in [0, 0.1) is 5.92 Å². The Hall–Kier alpha value is -1.13. The molecular weight excluding hydrogens is 204 g/mol. The first kappa shape index (κ1) is 11.4. The molecule has 0 spiro atoms. The molecule has 2 rings (SSSR count). The van der Waals surface area contributed by atoms with Crippen molar-refractivity contribution in [1.29, 1.82) is 0 Å². The fraction of sp³-hybridized carbons (Fsp3) is 0.583. The predicted octanol–water partition coefficient (Wildman–Crippen LogP) is 1.00. The summed E-state index contributed by atoms with van der Waals surface area (Å²) < 4.78 is 5.08. The number of carbonyl (C=O) groups excluding carboxylic acids is 1. The van der Waals surface area contributed by atoms with Gasteiger partial charge in [0.05, 0.1) is 12.8 Å². The van der Waals surface area contributed by atoms with Crippen LogP contribution in [0.5, 0.6) is 0 Å². The summed E-state index contributed by atoms with van der Waals surface area (Å²) in [6, 6.07) is 3.46. The third-order valence-electron chi connectivity index (χ3n) is 2.94. The Morgan fingerprint density at radius 2 is 2.56 bits per heavy atom. The third kappa shape index (κ3) is 2.93. The Bertz CT molecular complexity index is 329. The number of nitrogens with zero attached hydrogens (tertiary/aromatic N) is 1. The van der Waals surface area contributed by atoms with E-state index in [0.29, 0.717) is 18.2 Å². The number of rotatable bonds is 5. The lowest BCUT2D eigenvalue weighted by Gasteiger charge is -2.18. The molecule has 1 aliphatic heterocycles. The summed E-state index contributed by atoms with van der Waals surface area (Å²) in [5.74, 6) is 1.18. The van der Waals surface area contributed by atoms with Gasteiger partial charge < -0.3 is 9.73 Å². The van der Waals surface area contributed by atoms with Crippen LogP contribution >= 0.6 is 0 Å². The van der Waals surface area contributed by atoms with Gasteiger partial charge in [0.15, 0.2) is 5.76 Å². The van der Waals surface area contributed by atoms with Gasteiger partial charge in [-0.25, -0.2) is 0 Å². The van der Waals surface area contributed by atoms with Gasteiger partial charge in [-0.3, -0.25) is 9.69 Å². The lowest BCUT2D eigenvalue weighted by atomic mass is 10.1. The second kappa shape index (κ2) is 5.27. The Morgan fingerprint density at radius 3 is 3.19 bits per heavy atom. The smallest absolute Gasteiger partial charge is 0.211 e. The standard InChI is InChI=1S/C12H18N2O2/c1-14(8-10-4-5-13-7-10)9-11(15)12-3-2-6-16-12/h2-3,6,10,13H,4-5,7-9H2,1H3/t10-/m1/s1. The predicted molar refractivity (Wildman–Crippen MR) is 61.5 cm³/mol. The number of furan rings is 1. The van der Waals surface area contributed by atoms with Gasteiger partial charge in [0.1, 0.15) is 0 Å². The molecule has 0 aromatic carbocycles. The van der Waals surface area contributed by atoms with Crippen molar-refractivity contribution in [3.63, 3.8) is 0 Å².